The average Bonchev–Trinajstić information content (AvgIpc) is 2.76. The van der Waals surface area contributed by atoms with Gasteiger partial charge < -0.3 is 14.6 Å². The van der Waals surface area contributed by atoms with Gasteiger partial charge in [-0.3, -0.25) is 0 Å². The van der Waals surface area contributed by atoms with Gasteiger partial charge in [0.2, 0.25) is 0 Å². The molecule has 0 radical (unpaired) electrons. The molecule has 0 aliphatic rings. The molecule has 152 valence electrons. The smallest absolute Gasteiger partial charge is 0.164 e. The Morgan fingerprint density at radius 2 is 1.07 bits per heavy atom. The molecule has 0 bridgehead atoms. The number of phenols is 1. The van der Waals surface area contributed by atoms with Gasteiger partial charge in [-0.05, 0) is 61.8 Å². The number of phenolic OH excluding ortho intramolecular Hbond substituents is 1. The zero-order valence-electron chi connectivity index (χ0n) is 16.9. The first-order valence-electron chi connectivity index (χ1n) is 10.5. The zero-order valence-corrected chi connectivity index (χ0v) is 16.9. The summed E-state index contributed by atoms with van der Waals surface area (Å²) in [4.78, 5) is 0. The molecule has 0 aromatic heterocycles. The number of rotatable bonds is 12. The molecule has 0 heterocycles. The number of hydrogen-bond donors (Lipinski definition) is 1. The predicted molar refractivity (Wildman–Crippen MR) is 118 cm³/mol. The minimum atomic E-state index is 0.195. The van der Waals surface area contributed by atoms with Crippen molar-refractivity contribution in [2.75, 3.05) is 13.2 Å². The topological polar surface area (TPSA) is 38.7 Å². The number of benzene rings is 3. The van der Waals surface area contributed by atoms with Crippen molar-refractivity contribution < 1.29 is 14.6 Å². The first kappa shape index (κ1) is 20.8. The second kappa shape index (κ2) is 11.8. The third-order valence-electron chi connectivity index (χ3n) is 4.85. The summed E-state index contributed by atoms with van der Waals surface area (Å²) in [6.45, 7) is 1.25. The molecule has 0 amide bonds. The molecular weight excluding hydrogens is 360 g/mol. The van der Waals surface area contributed by atoms with Crippen LogP contribution in [0.15, 0.2) is 78.9 Å². The lowest BCUT2D eigenvalue weighted by molar-refractivity contribution is 0.259. The minimum Gasteiger partial charge on any atom is -0.508 e. The van der Waals surface area contributed by atoms with Crippen molar-refractivity contribution in [1.82, 2.24) is 0 Å². The van der Waals surface area contributed by atoms with Crippen molar-refractivity contribution in [3.8, 4) is 17.2 Å². The van der Waals surface area contributed by atoms with E-state index in [-0.39, 0.29) is 5.75 Å². The van der Waals surface area contributed by atoms with Crippen LogP contribution in [-0.2, 0) is 12.8 Å². The fraction of sp³-hybridized carbons (Fsp3) is 0.308. The summed E-state index contributed by atoms with van der Waals surface area (Å²) in [6.07, 6.45) is 6.20. The first-order valence-corrected chi connectivity index (χ1v) is 10.5. The number of aryl methyl sites for hydroxylation is 2. The van der Waals surface area contributed by atoms with Crippen molar-refractivity contribution in [3.05, 3.63) is 90.0 Å². The monoisotopic (exact) mass is 390 g/mol. The van der Waals surface area contributed by atoms with Gasteiger partial charge in [-0.15, -0.1) is 0 Å². The number of ether oxygens (including phenoxy) is 2. The van der Waals surface area contributed by atoms with Crippen molar-refractivity contribution in [3.63, 3.8) is 0 Å². The molecule has 0 spiro atoms. The van der Waals surface area contributed by atoms with Gasteiger partial charge in [0.15, 0.2) is 11.5 Å². The van der Waals surface area contributed by atoms with E-state index in [0.29, 0.717) is 24.7 Å². The van der Waals surface area contributed by atoms with Crippen LogP contribution < -0.4 is 9.47 Å². The van der Waals surface area contributed by atoms with Crippen molar-refractivity contribution >= 4 is 0 Å². The molecule has 3 aromatic rings. The number of aromatic hydroxyl groups is 1. The van der Waals surface area contributed by atoms with Crippen molar-refractivity contribution in [2.45, 2.75) is 38.5 Å². The van der Waals surface area contributed by atoms with Gasteiger partial charge in [0.25, 0.3) is 0 Å². The average molecular weight is 391 g/mol. The van der Waals surface area contributed by atoms with Gasteiger partial charge in [-0.2, -0.15) is 0 Å². The van der Waals surface area contributed by atoms with E-state index >= 15 is 0 Å². The summed E-state index contributed by atoms with van der Waals surface area (Å²) in [7, 11) is 0. The number of hydrogen-bond acceptors (Lipinski definition) is 3. The second-order valence-electron chi connectivity index (χ2n) is 7.21. The lowest BCUT2D eigenvalue weighted by Crippen LogP contribution is -2.03. The first-order chi connectivity index (χ1) is 14.3. The summed E-state index contributed by atoms with van der Waals surface area (Å²) in [5.74, 6) is 1.51. The highest BCUT2D eigenvalue weighted by molar-refractivity contribution is 5.45. The van der Waals surface area contributed by atoms with Crippen LogP contribution >= 0.6 is 0 Å². The van der Waals surface area contributed by atoms with Crippen LogP contribution in [0.5, 0.6) is 17.2 Å². The maximum atomic E-state index is 9.79. The van der Waals surface area contributed by atoms with Crippen LogP contribution in [0.2, 0.25) is 0 Å². The van der Waals surface area contributed by atoms with E-state index in [1.165, 1.54) is 11.1 Å². The lowest BCUT2D eigenvalue weighted by atomic mass is 10.1. The second-order valence-corrected chi connectivity index (χ2v) is 7.21. The highest BCUT2D eigenvalue weighted by Crippen LogP contribution is 2.31. The normalized spacial score (nSPS) is 10.6. The molecule has 3 aromatic carbocycles. The van der Waals surface area contributed by atoms with E-state index in [2.05, 4.69) is 48.5 Å². The molecule has 3 heteroatoms. The molecule has 3 rings (SSSR count). The Balaban J connectivity index is 1.38. The maximum Gasteiger partial charge on any atom is 0.164 e. The van der Waals surface area contributed by atoms with E-state index in [0.717, 1.165) is 38.5 Å². The van der Waals surface area contributed by atoms with Crippen LogP contribution in [0, 0.1) is 0 Å². The molecule has 29 heavy (non-hydrogen) atoms. The Morgan fingerprint density at radius 1 is 0.552 bits per heavy atom. The minimum absolute atomic E-state index is 0.195. The predicted octanol–water partition coefficient (Wildman–Crippen LogP) is 6.20. The molecule has 0 fully saturated rings. The number of unbranched alkanes of at least 4 members (excludes halogenated alkanes) is 2. The summed E-state index contributed by atoms with van der Waals surface area (Å²) in [6, 6.07) is 26.1. The molecule has 0 saturated heterocycles. The summed E-state index contributed by atoms with van der Waals surface area (Å²) in [5.41, 5.74) is 2.71. The maximum absolute atomic E-state index is 9.79. The molecule has 0 aliphatic carbocycles. The van der Waals surface area contributed by atoms with Gasteiger partial charge in [0, 0.05) is 6.07 Å². The molecule has 0 aliphatic heterocycles. The van der Waals surface area contributed by atoms with Crippen molar-refractivity contribution in [2.24, 2.45) is 0 Å². The fourth-order valence-corrected chi connectivity index (χ4v) is 3.24. The molecular formula is C26H30O3. The summed E-state index contributed by atoms with van der Waals surface area (Å²) in [5, 5.41) is 9.79. The Hall–Kier alpha value is -2.94. The fourth-order valence-electron chi connectivity index (χ4n) is 3.24. The van der Waals surface area contributed by atoms with Crippen LogP contribution in [0.4, 0.5) is 0 Å². The largest absolute Gasteiger partial charge is 0.508 e. The Morgan fingerprint density at radius 3 is 1.62 bits per heavy atom. The van der Waals surface area contributed by atoms with E-state index in [1.807, 2.05) is 12.1 Å². The van der Waals surface area contributed by atoms with E-state index in [1.54, 1.807) is 18.2 Å². The third-order valence-corrected chi connectivity index (χ3v) is 4.85. The van der Waals surface area contributed by atoms with Crippen LogP contribution in [0.3, 0.4) is 0 Å². The van der Waals surface area contributed by atoms with Gasteiger partial charge in [-0.25, -0.2) is 0 Å². The van der Waals surface area contributed by atoms with E-state index in [4.69, 9.17) is 9.47 Å². The zero-order chi connectivity index (χ0) is 20.2. The molecule has 0 saturated carbocycles. The van der Waals surface area contributed by atoms with Gasteiger partial charge in [-0.1, -0.05) is 60.7 Å². The van der Waals surface area contributed by atoms with Crippen LogP contribution in [-0.4, -0.2) is 18.3 Å². The summed E-state index contributed by atoms with van der Waals surface area (Å²) >= 11 is 0. The lowest BCUT2D eigenvalue weighted by Gasteiger charge is -2.13. The Labute approximate surface area is 173 Å². The Kier molecular flexibility index (Phi) is 8.46. The van der Waals surface area contributed by atoms with Crippen LogP contribution in [0.1, 0.15) is 36.8 Å². The Bertz CT molecular complexity index is 831. The highest BCUT2D eigenvalue weighted by atomic mass is 16.5. The van der Waals surface area contributed by atoms with Crippen molar-refractivity contribution in [1.29, 1.82) is 0 Å². The molecule has 0 atom stereocenters. The third kappa shape index (κ3) is 7.53. The van der Waals surface area contributed by atoms with E-state index in [9.17, 15) is 5.11 Å². The molecule has 0 unspecified atom stereocenters. The molecule has 1 N–H and O–H groups in total. The quantitative estimate of drug-likeness (QED) is 0.374. The van der Waals surface area contributed by atoms with Gasteiger partial charge in [0.1, 0.15) is 5.75 Å². The van der Waals surface area contributed by atoms with E-state index < -0.39 is 0 Å². The SMILES string of the molecule is Oc1ccc(OCCCCc2ccccc2)c(OCCCCc2ccccc2)c1. The summed E-state index contributed by atoms with van der Waals surface area (Å²) < 4.78 is 11.8. The van der Waals surface area contributed by atoms with Crippen LogP contribution in [0.25, 0.3) is 0 Å². The van der Waals surface area contributed by atoms with Gasteiger partial charge >= 0.3 is 0 Å². The standard InChI is InChI=1S/C26H30O3/c27-24-17-18-25(28-19-9-7-15-22-11-3-1-4-12-22)26(21-24)29-20-10-8-16-23-13-5-2-6-14-23/h1-6,11-14,17-18,21,27H,7-10,15-16,19-20H2. The molecule has 3 nitrogen and oxygen atoms in total. The highest BCUT2D eigenvalue weighted by Gasteiger charge is 2.07. The van der Waals surface area contributed by atoms with Gasteiger partial charge in [0.05, 0.1) is 13.2 Å².